The molecule has 0 saturated carbocycles. The smallest absolute Gasteiger partial charge is 0.237 e. The number of hydrogen-bond acceptors (Lipinski definition) is 4. The molecule has 0 fully saturated rings. The highest BCUT2D eigenvalue weighted by molar-refractivity contribution is 7.99. The van der Waals surface area contributed by atoms with Crippen LogP contribution in [0.3, 0.4) is 0 Å². The maximum atomic E-state index is 11.4. The van der Waals surface area contributed by atoms with Gasteiger partial charge in [0.1, 0.15) is 0 Å². The van der Waals surface area contributed by atoms with Gasteiger partial charge in [-0.3, -0.25) is 4.79 Å². The summed E-state index contributed by atoms with van der Waals surface area (Å²) in [5.41, 5.74) is 4.79. The standard InChI is InChI=1S/C11H24N2O2S/c1-9(2)13-11(3,10(12)15)5-4-7-16-8-6-14/h9,13-14H,4-8H2,1-3H3,(H2,12,15). The van der Waals surface area contributed by atoms with Crippen LogP contribution in [-0.2, 0) is 4.79 Å². The number of aliphatic hydroxyl groups is 1. The number of rotatable bonds is 9. The van der Waals surface area contributed by atoms with Crippen molar-refractivity contribution in [3.05, 3.63) is 0 Å². The van der Waals surface area contributed by atoms with Crippen LogP contribution in [0.5, 0.6) is 0 Å². The van der Waals surface area contributed by atoms with Crippen molar-refractivity contribution in [1.29, 1.82) is 0 Å². The summed E-state index contributed by atoms with van der Waals surface area (Å²) in [5, 5.41) is 11.8. The predicted molar refractivity (Wildman–Crippen MR) is 69.5 cm³/mol. The van der Waals surface area contributed by atoms with Gasteiger partial charge in [-0.1, -0.05) is 0 Å². The number of hydrogen-bond donors (Lipinski definition) is 3. The maximum Gasteiger partial charge on any atom is 0.237 e. The van der Waals surface area contributed by atoms with Crippen LogP contribution in [0.15, 0.2) is 0 Å². The maximum absolute atomic E-state index is 11.4. The molecule has 4 nitrogen and oxygen atoms in total. The van der Waals surface area contributed by atoms with Gasteiger partial charge in [0.25, 0.3) is 0 Å². The van der Waals surface area contributed by atoms with Crippen LogP contribution in [0.25, 0.3) is 0 Å². The summed E-state index contributed by atoms with van der Waals surface area (Å²) in [7, 11) is 0. The van der Waals surface area contributed by atoms with Gasteiger partial charge in [0.15, 0.2) is 0 Å². The van der Waals surface area contributed by atoms with Gasteiger partial charge in [-0.2, -0.15) is 11.8 Å². The normalized spacial score (nSPS) is 15.1. The summed E-state index contributed by atoms with van der Waals surface area (Å²) in [6.45, 7) is 6.07. The quantitative estimate of drug-likeness (QED) is 0.526. The Balaban J connectivity index is 3.98. The Labute approximate surface area is 102 Å². The minimum Gasteiger partial charge on any atom is -0.396 e. The van der Waals surface area contributed by atoms with Crippen molar-refractivity contribution in [2.24, 2.45) is 5.73 Å². The molecule has 0 radical (unpaired) electrons. The number of nitrogens with one attached hydrogen (secondary N) is 1. The van der Waals surface area contributed by atoms with E-state index in [1.165, 1.54) is 0 Å². The fourth-order valence-electron chi connectivity index (χ4n) is 1.60. The highest BCUT2D eigenvalue weighted by Gasteiger charge is 2.30. The second-order valence-electron chi connectivity index (χ2n) is 4.43. The first kappa shape index (κ1) is 15.7. The lowest BCUT2D eigenvalue weighted by atomic mass is 9.94. The molecule has 0 spiro atoms. The minimum atomic E-state index is -0.617. The zero-order valence-electron chi connectivity index (χ0n) is 10.5. The highest BCUT2D eigenvalue weighted by Crippen LogP contribution is 2.15. The highest BCUT2D eigenvalue weighted by atomic mass is 32.2. The van der Waals surface area contributed by atoms with Crippen molar-refractivity contribution in [3.63, 3.8) is 0 Å². The van der Waals surface area contributed by atoms with E-state index in [1.54, 1.807) is 11.8 Å². The van der Waals surface area contributed by atoms with Gasteiger partial charge in [0, 0.05) is 11.8 Å². The average molecular weight is 248 g/mol. The van der Waals surface area contributed by atoms with Crippen molar-refractivity contribution < 1.29 is 9.90 Å². The monoisotopic (exact) mass is 248 g/mol. The molecule has 0 rings (SSSR count). The molecule has 1 unspecified atom stereocenters. The first-order chi connectivity index (χ1) is 7.42. The van der Waals surface area contributed by atoms with E-state index in [2.05, 4.69) is 5.32 Å². The molecule has 0 aromatic heterocycles. The Kier molecular flexibility index (Phi) is 7.80. The van der Waals surface area contributed by atoms with Gasteiger partial charge in [-0.05, 0) is 39.4 Å². The van der Waals surface area contributed by atoms with E-state index >= 15 is 0 Å². The van der Waals surface area contributed by atoms with Crippen molar-refractivity contribution >= 4 is 17.7 Å². The molecular weight excluding hydrogens is 224 g/mol. The van der Waals surface area contributed by atoms with Crippen LogP contribution in [0, 0.1) is 0 Å². The van der Waals surface area contributed by atoms with Crippen LogP contribution in [0.2, 0.25) is 0 Å². The largest absolute Gasteiger partial charge is 0.396 e. The van der Waals surface area contributed by atoms with Gasteiger partial charge in [-0.25, -0.2) is 0 Å². The van der Waals surface area contributed by atoms with Gasteiger partial charge >= 0.3 is 0 Å². The fraction of sp³-hybridized carbons (Fsp3) is 0.909. The third-order valence-electron chi connectivity index (χ3n) is 2.35. The molecule has 0 aliphatic rings. The van der Waals surface area contributed by atoms with E-state index in [-0.39, 0.29) is 18.6 Å². The summed E-state index contributed by atoms with van der Waals surface area (Å²) in [6.07, 6.45) is 1.66. The Hall–Kier alpha value is -0.260. The lowest BCUT2D eigenvalue weighted by molar-refractivity contribution is -0.124. The number of amides is 1. The zero-order valence-corrected chi connectivity index (χ0v) is 11.3. The molecule has 0 aliphatic heterocycles. The van der Waals surface area contributed by atoms with E-state index in [9.17, 15) is 4.79 Å². The number of thioether (sulfide) groups is 1. The first-order valence-corrected chi connectivity index (χ1v) is 6.84. The fourth-order valence-corrected chi connectivity index (χ4v) is 2.28. The van der Waals surface area contributed by atoms with E-state index in [1.807, 2.05) is 20.8 Å². The summed E-state index contributed by atoms with van der Waals surface area (Å²) in [5.74, 6) is 1.40. The van der Waals surface area contributed by atoms with Crippen LogP contribution < -0.4 is 11.1 Å². The molecule has 16 heavy (non-hydrogen) atoms. The summed E-state index contributed by atoms with van der Waals surface area (Å²) < 4.78 is 0. The molecule has 0 aromatic carbocycles. The Bertz CT molecular complexity index is 212. The summed E-state index contributed by atoms with van der Waals surface area (Å²) in [4.78, 5) is 11.4. The Morgan fingerprint density at radius 2 is 2.12 bits per heavy atom. The van der Waals surface area contributed by atoms with Crippen molar-refractivity contribution in [3.8, 4) is 0 Å². The third kappa shape index (κ3) is 6.35. The topological polar surface area (TPSA) is 75.3 Å². The predicted octanol–water partition coefficient (Wildman–Crippen LogP) is 0.734. The molecular formula is C11H24N2O2S. The molecule has 1 atom stereocenters. The summed E-state index contributed by atoms with van der Waals surface area (Å²) in [6, 6.07) is 0.239. The van der Waals surface area contributed by atoms with Gasteiger partial charge in [-0.15, -0.1) is 0 Å². The number of nitrogens with two attached hydrogens (primary N) is 1. The van der Waals surface area contributed by atoms with E-state index < -0.39 is 5.54 Å². The molecule has 4 N–H and O–H groups in total. The van der Waals surface area contributed by atoms with E-state index in [0.29, 0.717) is 0 Å². The molecule has 96 valence electrons. The van der Waals surface area contributed by atoms with Crippen LogP contribution >= 0.6 is 11.8 Å². The van der Waals surface area contributed by atoms with Gasteiger partial charge < -0.3 is 16.2 Å². The zero-order chi connectivity index (χ0) is 12.6. The number of aliphatic hydroxyl groups excluding tert-OH is 1. The van der Waals surface area contributed by atoms with Crippen molar-refractivity contribution in [1.82, 2.24) is 5.32 Å². The SMILES string of the molecule is CC(C)NC(C)(CCCSCCO)C(N)=O. The molecule has 0 saturated heterocycles. The van der Waals surface area contributed by atoms with Gasteiger partial charge in [0.05, 0.1) is 12.1 Å². The third-order valence-corrected chi connectivity index (χ3v) is 3.40. The van der Waals surface area contributed by atoms with E-state index in [4.69, 9.17) is 10.8 Å². The lowest BCUT2D eigenvalue weighted by Crippen LogP contribution is -2.55. The Morgan fingerprint density at radius 3 is 2.56 bits per heavy atom. The first-order valence-electron chi connectivity index (χ1n) is 5.68. The summed E-state index contributed by atoms with van der Waals surface area (Å²) >= 11 is 1.69. The van der Waals surface area contributed by atoms with Gasteiger partial charge in [0.2, 0.25) is 5.91 Å². The molecule has 5 heteroatoms. The average Bonchev–Trinajstić information content (AvgIpc) is 2.16. The molecule has 0 aromatic rings. The van der Waals surface area contributed by atoms with Crippen LogP contribution in [0.4, 0.5) is 0 Å². The Morgan fingerprint density at radius 1 is 1.50 bits per heavy atom. The molecule has 0 heterocycles. The van der Waals surface area contributed by atoms with Crippen LogP contribution in [-0.4, -0.2) is 40.7 Å². The minimum absolute atomic E-state index is 0.210. The van der Waals surface area contributed by atoms with Crippen molar-refractivity contribution in [2.75, 3.05) is 18.1 Å². The number of carbonyl (C=O) groups excluding carboxylic acids is 1. The number of carbonyl (C=O) groups is 1. The van der Waals surface area contributed by atoms with Crippen molar-refractivity contribution in [2.45, 2.75) is 45.2 Å². The van der Waals surface area contributed by atoms with E-state index in [0.717, 1.165) is 24.3 Å². The second-order valence-corrected chi connectivity index (χ2v) is 5.66. The molecule has 0 bridgehead atoms. The number of primary amides is 1. The van der Waals surface area contributed by atoms with Crippen LogP contribution in [0.1, 0.15) is 33.6 Å². The lowest BCUT2D eigenvalue weighted by Gasteiger charge is -2.29. The molecule has 1 amide bonds. The second kappa shape index (κ2) is 7.92. The molecule has 0 aliphatic carbocycles.